The van der Waals surface area contributed by atoms with E-state index < -0.39 is 36.2 Å². The van der Waals surface area contributed by atoms with Gasteiger partial charge in [-0.15, -0.1) is 0 Å². The number of hydrogen-bond acceptors (Lipinski definition) is 6. The maximum absolute atomic E-state index is 13.2. The van der Waals surface area contributed by atoms with Crippen LogP contribution in [0, 0.1) is 0 Å². The first-order valence-electron chi connectivity index (χ1n) is 11.2. The summed E-state index contributed by atoms with van der Waals surface area (Å²) < 4.78 is 23.8. The van der Waals surface area contributed by atoms with Crippen molar-refractivity contribution in [3.05, 3.63) is 83.9 Å². The third-order valence-electron chi connectivity index (χ3n) is 5.75. The first-order chi connectivity index (χ1) is 15.9. The summed E-state index contributed by atoms with van der Waals surface area (Å²) in [6.07, 6.45) is 0.854. The molecule has 4 rings (SSSR count). The molecule has 0 unspecified atom stereocenters. The van der Waals surface area contributed by atoms with Crippen LogP contribution in [-0.2, 0) is 32.2 Å². The molecule has 2 aromatic carbocycles. The van der Waals surface area contributed by atoms with Crippen LogP contribution in [0.25, 0.3) is 0 Å². The average molecular weight is 454 g/mol. The van der Waals surface area contributed by atoms with Crippen LogP contribution < -0.4 is 0 Å². The van der Waals surface area contributed by atoms with E-state index in [0.717, 1.165) is 11.1 Å². The summed E-state index contributed by atoms with van der Waals surface area (Å²) >= 11 is 0. The molecule has 33 heavy (non-hydrogen) atoms. The molecule has 1 amide bonds. The lowest BCUT2D eigenvalue weighted by Gasteiger charge is -2.37. The molecule has 2 aliphatic rings. The molecule has 2 aliphatic heterocycles. The highest BCUT2D eigenvalue weighted by molar-refractivity contribution is 5.68. The van der Waals surface area contributed by atoms with Crippen LogP contribution >= 0.6 is 0 Å². The van der Waals surface area contributed by atoms with E-state index in [1.165, 1.54) is 0 Å². The highest BCUT2D eigenvalue weighted by Gasteiger charge is 2.50. The molecule has 4 atom stereocenters. The molecular formula is C26H31NO6. The lowest BCUT2D eigenvalue weighted by molar-refractivity contribution is -0.157. The van der Waals surface area contributed by atoms with Gasteiger partial charge in [0, 0.05) is 6.54 Å². The molecule has 2 aromatic rings. The summed E-state index contributed by atoms with van der Waals surface area (Å²) in [6.45, 7) is 4.62. The van der Waals surface area contributed by atoms with Gasteiger partial charge in [-0.3, -0.25) is 4.90 Å². The fraction of sp³-hybridized carbons (Fsp3) is 0.423. The summed E-state index contributed by atoms with van der Waals surface area (Å²) in [4.78, 5) is 14.8. The van der Waals surface area contributed by atoms with Crippen molar-refractivity contribution in [2.45, 2.75) is 57.2 Å². The molecule has 176 valence electrons. The zero-order chi connectivity index (χ0) is 23.3. The van der Waals surface area contributed by atoms with Crippen molar-refractivity contribution in [1.29, 1.82) is 0 Å². The molecule has 0 aromatic heterocycles. The van der Waals surface area contributed by atoms with Gasteiger partial charge in [0.05, 0.1) is 19.3 Å². The summed E-state index contributed by atoms with van der Waals surface area (Å²) in [6, 6.07) is 18.9. The Kier molecular flexibility index (Phi) is 7.45. The third-order valence-corrected chi connectivity index (χ3v) is 5.75. The van der Waals surface area contributed by atoms with Crippen LogP contribution in [0.3, 0.4) is 0 Å². The number of fused-ring (bicyclic) bond motifs is 1. The van der Waals surface area contributed by atoms with E-state index in [9.17, 15) is 9.90 Å². The number of ether oxygens (including phenoxy) is 4. The maximum Gasteiger partial charge on any atom is 0.410 e. The lowest BCUT2D eigenvalue weighted by Crippen LogP contribution is -2.55. The van der Waals surface area contributed by atoms with Crippen molar-refractivity contribution in [2.75, 3.05) is 13.2 Å². The van der Waals surface area contributed by atoms with Crippen molar-refractivity contribution in [3.8, 4) is 0 Å². The second kappa shape index (κ2) is 10.5. The Morgan fingerprint density at radius 1 is 1.00 bits per heavy atom. The summed E-state index contributed by atoms with van der Waals surface area (Å²) in [5.74, 6) is -0.897. The molecule has 0 bridgehead atoms. The number of nitrogens with zero attached hydrogens (tertiary/aromatic N) is 1. The fourth-order valence-electron chi connectivity index (χ4n) is 4.18. The van der Waals surface area contributed by atoms with Gasteiger partial charge in [0.25, 0.3) is 0 Å². The standard InChI is InChI=1S/C26H31NO6/c1-26(2)32-23-21(18-30-16-19-10-5-3-6-11-19)27(15-9-14-22(28)24(23)33-26)25(29)31-17-20-12-7-4-8-13-20/h3-14,21-24,28H,15-18H2,1-2H3/b14-9-/t21-,22-,23-,24-/m1/s1. The minimum atomic E-state index is -0.897. The molecule has 0 aliphatic carbocycles. The van der Waals surface area contributed by atoms with E-state index in [1.807, 2.05) is 60.7 Å². The number of aliphatic hydroxyl groups is 1. The minimum Gasteiger partial charge on any atom is -0.445 e. The Hall–Kier alpha value is -2.71. The summed E-state index contributed by atoms with van der Waals surface area (Å²) in [5, 5.41) is 10.6. The number of benzene rings is 2. The lowest BCUT2D eigenvalue weighted by atomic mass is 9.98. The molecule has 1 saturated heterocycles. The van der Waals surface area contributed by atoms with Gasteiger partial charge in [-0.25, -0.2) is 4.79 Å². The second-order valence-corrected chi connectivity index (χ2v) is 8.74. The van der Waals surface area contributed by atoms with Crippen LogP contribution in [0.15, 0.2) is 72.8 Å². The topological polar surface area (TPSA) is 77.5 Å². The van der Waals surface area contributed by atoms with Gasteiger partial charge in [0.15, 0.2) is 5.79 Å². The van der Waals surface area contributed by atoms with E-state index in [4.69, 9.17) is 18.9 Å². The second-order valence-electron chi connectivity index (χ2n) is 8.74. The van der Waals surface area contributed by atoms with E-state index in [-0.39, 0.29) is 19.8 Å². The van der Waals surface area contributed by atoms with E-state index in [1.54, 1.807) is 30.9 Å². The molecule has 0 radical (unpaired) electrons. The Labute approximate surface area is 194 Å². The third kappa shape index (κ3) is 6.00. The quantitative estimate of drug-likeness (QED) is 0.673. The number of carbonyl (C=O) groups excluding carboxylic acids is 1. The van der Waals surface area contributed by atoms with Crippen molar-refractivity contribution in [1.82, 2.24) is 4.90 Å². The van der Waals surface area contributed by atoms with Crippen LogP contribution in [0.2, 0.25) is 0 Å². The minimum absolute atomic E-state index is 0.164. The van der Waals surface area contributed by atoms with Crippen LogP contribution in [0.4, 0.5) is 4.79 Å². The molecule has 7 heteroatoms. The zero-order valence-corrected chi connectivity index (χ0v) is 19.0. The first kappa shape index (κ1) is 23.4. The van der Waals surface area contributed by atoms with Gasteiger partial charge < -0.3 is 24.1 Å². The van der Waals surface area contributed by atoms with E-state index in [0.29, 0.717) is 6.61 Å². The van der Waals surface area contributed by atoms with Gasteiger partial charge in [-0.05, 0) is 25.0 Å². The van der Waals surface area contributed by atoms with E-state index >= 15 is 0 Å². The predicted molar refractivity (Wildman–Crippen MR) is 122 cm³/mol. The van der Waals surface area contributed by atoms with Crippen LogP contribution in [-0.4, -0.2) is 59.4 Å². The zero-order valence-electron chi connectivity index (χ0n) is 19.0. The molecule has 0 saturated carbocycles. The Bertz CT molecular complexity index is 932. The Balaban J connectivity index is 1.53. The van der Waals surface area contributed by atoms with Crippen molar-refractivity contribution >= 4 is 6.09 Å². The number of amides is 1. The molecule has 2 heterocycles. The van der Waals surface area contributed by atoms with Gasteiger partial charge in [-0.2, -0.15) is 0 Å². The normalized spacial score (nSPS) is 27.3. The van der Waals surface area contributed by atoms with Gasteiger partial charge in [0.1, 0.15) is 24.9 Å². The molecule has 7 nitrogen and oxygen atoms in total. The molecule has 1 fully saturated rings. The number of carbonyl (C=O) groups is 1. The summed E-state index contributed by atoms with van der Waals surface area (Å²) in [5.41, 5.74) is 1.93. The number of rotatable bonds is 6. The molecular weight excluding hydrogens is 422 g/mol. The maximum atomic E-state index is 13.2. The van der Waals surface area contributed by atoms with Crippen LogP contribution in [0.5, 0.6) is 0 Å². The van der Waals surface area contributed by atoms with Gasteiger partial charge in [-0.1, -0.05) is 72.8 Å². The largest absolute Gasteiger partial charge is 0.445 e. The predicted octanol–water partition coefficient (Wildman–Crippen LogP) is 3.66. The van der Waals surface area contributed by atoms with Crippen molar-refractivity contribution < 1.29 is 28.8 Å². The highest BCUT2D eigenvalue weighted by atomic mass is 16.8. The average Bonchev–Trinajstić information content (AvgIpc) is 3.14. The van der Waals surface area contributed by atoms with Gasteiger partial charge in [0.2, 0.25) is 0 Å². The van der Waals surface area contributed by atoms with Crippen LogP contribution in [0.1, 0.15) is 25.0 Å². The SMILES string of the molecule is CC1(C)O[C@H]2[C@H](O1)[C@@H](COCc1ccccc1)N(C(=O)OCc1ccccc1)C/C=C\[C@H]2O. The Morgan fingerprint density at radius 3 is 2.27 bits per heavy atom. The Morgan fingerprint density at radius 2 is 1.61 bits per heavy atom. The summed E-state index contributed by atoms with van der Waals surface area (Å²) in [7, 11) is 0. The smallest absolute Gasteiger partial charge is 0.410 e. The monoisotopic (exact) mass is 453 g/mol. The van der Waals surface area contributed by atoms with Gasteiger partial charge >= 0.3 is 6.09 Å². The highest BCUT2D eigenvalue weighted by Crippen LogP contribution is 2.35. The van der Waals surface area contributed by atoms with E-state index in [2.05, 4.69) is 0 Å². The van der Waals surface area contributed by atoms with Crippen molar-refractivity contribution in [3.63, 3.8) is 0 Å². The fourth-order valence-corrected chi connectivity index (χ4v) is 4.18. The molecule has 0 spiro atoms. The first-order valence-corrected chi connectivity index (χ1v) is 11.2. The number of aliphatic hydroxyl groups excluding tert-OH is 1. The van der Waals surface area contributed by atoms with Crippen molar-refractivity contribution in [2.24, 2.45) is 0 Å². The molecule has 1 N–H and O–H groups in total. The number of hydrogen-bond donors (Lipinski definition) is 1.